The molecule has 0 aliphatic heterocycles. The van der Waals surface area contributed by atoms with Gasteiger partial charge in [0.05, 0.1) is 37.0 Å². The minimum Gasteiger partial charge on any atom is -0.468 e. The molecule has 4 rings (SSSR count). The van der Waals surface area contributed by atoms with Gasteiger partial charge in [0.1, 0.15) is 11.5 Å². The summed E-state index contributed by atoms with van der Waals surface area (Å²) < 4.78 is 16.7. The first-order valence-corrected chi connectivity index (χ1v) is 8.38. The second-order valence-corrected chi connectivity index (χ2v) is 6.23. The monoisotopic (exact) mass is 341 g/mol. The largest absolute Gasteiger partial charge is 0.468 e. The molecule has 4 aromatic rings. The number of rotatable bonds is 7. The van der Waals surface area contributed by atoms with Crippen LogP contribution in [0.25, 0.3) is 10.8 Å². The van der Waals surface area contributed by atoms with Crippen molar-refractivity contribution in [3.63, 3.8) is 0 Å². The first kappa shape index (κ1) is 14.9. The summed E-state index contributed by atoms with van der Waals surface area (Å²) in [6, 6.07) is 11.6. The molecule has 4 heterocycles. The fourth-order valence-electron chi connectivity index (χ4n) is 2.42. The van der Waals surface area contributed by atoms with E-state index in [4.69, 9.17) is 13.3 Å². The third-order valence-corrected chi connectivity index (χ3v) is 4.33. The standard InChI is InChI=1S/C17H15N3O3S/c1-4-13(21-7-1)10-20(11-14-5-2-8-22-14)12-16-18-19-17(23-16)15-6-3-9-24-15/h1-9H,10-12H2. The number of nitrogens with zero attached hydrogens (tertiary/aromatic N) is 3. The van der Waals surface area contributed by atoms with Crippen molar-refractivity contribution >= 4 is 11.3 Å². The molecular formula is C17H15N3O3S. The summed E-state index contributed by atoms with van der Waals surface area (Å²) in [7, 11) is 0. The van der Waals surface area contributed by atoms with Gasteiger partial charge in [0.2, 0.25) is 5.89 Å². The smallest absolute Gasteiger partial charge is 0.257 e. The Labute approximate surface area is 142 Å². The maximum atomic E-state index is 5.78. The summed E-state index contributed by atoms with van der Waals surface area (Å²) >= 11 is 1.58. The second kappa shape index (κ2) is 6.86. The van der Waals surface area contributed by atoms with Gasteiger partial charge in [-0.2, -0.15) is 0 Å². The van der Waals surface area contributed by atoms with E-state index in [9.17, 15) is 0 Å². The molecule has 0 fully saturated rings. The number of thiophene rings is 1. The third kappa shape index (κ3) is 3.47. The molecule has 0 bridgehead atoms. The zero-order chi connectivity index (χ0) is 16.2. The number of furan rings is 2. The zero-order valence-corrected chi connectivity index (χ0v) is 13.6. The van der Waals surface area contributed by atoms with Gasteiger partial charge >= 0.3 is 0 Å². The van der Waals surface area contributed by atoms with E-state index in [0.29, 0.717) is 31.4 Å². The van der Waals surface area contributed by atoms with Gasteiger partial charge < -0.3 is 13.3 Å². The number of hydrogen-bond donors (Lipinski definition) is 0. The van der Waals surface area contributed by atoms with Gasteiger partial charge in [0, 0.05) is 0 Å². The summed E-state index contributed by atoms with van der Waals surface area (Å²) in [6.07, 6.45) is 3.34. The molecule has 0 aromatic carbocycles. The van der Waals surface area contributed by atoms with Gasteiger partial charge in [-0.15, -0.1) is 21.5 Å². The summed E-state index contributed by atoms with van der Waals surface area (Å²) in [4.78, 5) is 3.10. The molecule has 4 aromatic heterocycles. The maximum absolute atomic E-state index is 5.78. The molecule has 7 heteroatoms. The molecule has 0 N–H and O–H groups in total. The van der Waals surface area contributed by atoms with Crippen LogP contribution in [0.3, 0.4) is 0 Å². The molecule has 6 nitrogen and oxygen atoms in total. The Morgan fingerprint density at radius 1 is 0.875 bits per heavy atom. The van der Waals surface area contributed by atoms with Gasteiger partial charge in [0.15, 0.2) is 0 Å². The molecule has 0 amide bonds. The first-order chi connectivity index (χ1) is 11.9. The molecule has 0 aliphatic carbocycles. The normalized spacial score (nSPS) is 11.4. The SMILES string of the molecule is c1coc(CN(Cc2ccco2)Cc2nnc(-c3cccs3)o2)c1. The highest BCUT2D eigenvalue weighted by Crippen LogP contribution is 2.24. The highest BCUT2D eigenvalue weighted by atomic mass is 32.1. The average Bonchev–Trinajstić information content (AvgIpc) is 3.37. The van der Waals surface area contributed by atoms with Crippen LogP contribution in [0.2, 0.25) is 0 Å². The van der Waals surface area contributed by atoms with Crippen LogP contribution in [0.4, 0.5) is 0 Å². The van der Waals surface area contributed by atoms with Gasteiger partial charge in [0.25, 0.3) is 5.89 Å². The Bertz CT molecular complexity index is 815. The molecule has 0 spiro atoms. The molecule has 0 atom stereocenters. The quantitative estimate of drug-likeness (QED) is 0.502. The van der Waals surface area contributed by atoms with Crippen LogP contribution in [-0.2, 0) is 19.6 Å². The topological polar surface area (TPSA) is 68.4 Å². The van der Waals surface area contributed by atoms with E-state index in [1.165, 1.54) is 0 Å². The maximum Gasteiger partial charge on any atom is 0.257 e. The van der Waals surface area contributed by atoms with E-state index in [2.05, 4.69) is 15.1 Å². The predicted molar refractivity (Wildman–Crippen MR) is 88.0 cm³/mol. The van der Waals surface area contributed by atoms with Gasteiger partial charge in [-0.25, -0.2) is 0 Å². The Kier molecular flexibility index (Phi) is 4.26. The summed E-state index contributed by atoms with van der Waals surface area (Å²) in [5, 5.41) is 10.3. The Balaban J connectivity index is 1.50. The van der Waals surface area contributed by atoms with Crippen molar-refractivity contribution in [1.29, 1.82) is 0 Å². The lowest BCUT2D eigenvalue weighted by Crippen LogP contribution is -2.22. The Morgan fingerprint density at radius 2 is 1.62 bits per heavy atom. The van der Waals surface area contributed by atoms with Gasteiger partial charge in [-0.1, -0.05) is 6.07 Å². The average molecular weight is 341 g/mol. The molecule has 122 valence electrons. The van der Waals surface area contributed by atoms with Crippen LogP contribution >= 0.6 is 11.3 Å². The summed E-state index contributed by atoms with van der Waals surface area (Å²) in [6.45, 7) is 1.77. The van der Waals surface area contributed by atoms with Crippen LogP contribution in [0, 0.1) is 0 Å². The molecule has 0 unspecified atom stereocenters. The molecule has 0 radical (unpaired) electrons. The molecule has 0 saturated heterocycles. The van der Waals surface area contributed by atoms with Gasteiger partial charge in [-0.05, 0) is 35.7 Å². The highest BCUT2D eigenvalue weighted by molar-refractivity contribution is 7.13. The predicted octanol–water partition coefficient (Wildman–Crippen LogP) is 4.19. The van der Waals surface area contributed by atoms with Crippen LogP contribution in [-0.4, -0.2) is 15.1 Å². The molecule has 0 aliphatic rings. The number of aromatic nitrogens is 2. The minimum atomic E-state index is 0.514. The lowest BCUT2D eigenvalue weighted by molar-refractivity contribution is 0.191. The third-order valence-electron chi connectivity index (χ3n) is 3.48. The fraction of sp³-hybridized carbons (Fsp3) is 0.176. The molecular weight excluding hydrogens is 326 g/mol. The van der Waals surface area contributed by atoms with Crippen molar-refractivity contribution in [1.82, 2.24) is 15.1 Å². The first-order valence-electron chi connectivity index (χ1n) is 7.50. The van der Waals surface area contributed by atoms with Crippen molar-refractivity contribution < 1.29 is 13.3 Å². The lowest BCUT2D eigenvalue weighted by atomic mass is 10.3. The van der Waals surface area contributed by atoms with Crippen LogP contribution in [0.15, 0.2) is 67.6 Å². The molecule has 0 saturated carbocycles. The summed E-state index contributed by atoms with van der Waals surface area (Å²) in [5.41, 5.74) is 0. The van der Waals surface area contributed by atoms with Crippen LogP contribution in [0.5, 0.6) is 0 Å². The van der Waals surface area contributed by atoms with E-state index in [1.54, 1.807) is 23.9 Å². The number of hydrogen-bond acceptors (Lipinski definition) is 7. The van der Waals surface area contributed by atoms with E-state index in [-0.39, 0.29) is 0 Å². The van der Waals surface area contributed by atoms with Crippen LogP contribution in [0.1, 0.15) is 17.4 Å². The van der Waals surface area contributed by atoms with E-state index >= 15 is 0 Å². The molecule has 24 heavy (non-hydrogen) atoms. The van der Waals surface area contributed by atoms with Crippen LogP contribution < -0.4 is 0 Å². The van der Waals surface area contributed by atoms with Crippen molar-refractivity contribution in [2.75, 3.05) is 0 Å². The van der Waals surface area contributed by atoms with Gasteiger partial charge in [-0.3, -0.25) is 4.90 Å². The van der Waals surface area contributed by atoms with Crippen molar-refractivity contribution in [2.24, 2.45) is 0 Å². The Hall–Kier alpha value is -2.64. The lowest BCUT2D eigenvalue weighted by Gasteiger charge is -2.17. The Morgan fingerprint density at radius 3 is 2.21 bits per heavy atom. The highest BCUT2D eigenvalue weighted by Gasteiger charge is 2.16. The van der Waals surface area contributed by atoms with E-state index < -0.39 is 0 Å². The summed E-state index contributed by atoms with van der Waals surface area (Å²) in [5.74, 6) is 2.87. The van der Waals surface area contributed by atoms with E-state index in [0.717, 1.165) is 16.4 Å². The second-order valence-electron chi connectivity index (χ2n) is 5.28. The van der Waals surface area contributed by atoms with Crippen molar-refractivity contribution in [3.05, 3.63) is 71.7 Å². The van der Waals surface area contributed by atoms with Crippen molar-refractivity contribution in [2.45, 2.75) is 19.6 Å². The fourth-order valence-corrected chi connectivity index (χ4v) is 3.07. The van der Waals surface area contributed by atoms with E-state index in [1.807, 2.05) is 41.8 Å². The van der Waals surface area contributed by atoms with Crippen molar-refractivity contribution in [3.8, 4) is 10.8 Å². The minimum absolute atomic E-state index is 0.514. The zero-order valence-electron chi connectivity index (χ0n) is 12.8.